The predicted octanol–water partition coefficient (Wildman–Crippen LogP) is 3.45. The lowest BCUT2D eigenvalue weighted by molar-refractivity contribution is -0.149. The van der Waals surface area contributed by atoms with E-state index in [2.05, 4.69) is 15.1 Å². The Labute approximate surface area is 191 Å². The molecule has 9 heteroatoms. The van der Waals surface area contributed by atoms with E-state index >= 15 is 0 Å². The molecule has 1 aromatic carbocycles. The van der Waals surface area contributed by atoms with Crippen LogP contribution in [0.4, 0.5) is 0 Å². The summed E-state index contributed by atoms with van der Waals surface area (Å²) in [5, 5.41) is 5.16. The molecule has 8 nitrogen and oxygen atoms in total. The van der Waals surface area contributed by atoms with Gasteiger partial charge in [-0.15, -0.1) is 5.10 Å². The Morgan fingerprint density at radius 2 is 2.03 bits per heavy atom. The first-order chi connectivity index (χ1) is 15.5. The van der Waals surface area contributed by atoms with Gasteiger partial charge in [0.15, 0.2) is 0 Å². The number of thioether (sulfide) groups is 1. The third kappa shape index (κ3) is 4.77. The van der Waals surface area contributed by atoms with Gasteiger partial charge in [0.25, 0.3) is 11.7 Å². The van der Waals surface area contributed by atoms with Crippen LogP contribution in [0.15, 0.2) is 35.5 Å². The molecular weight excluding hydrogens is 426 g/mol. The number of benzene rings is 1. The quantitative estimate of drug-likeness (QED) is 0.417. The van der Waals surface area contributed by atoms with Gasteiger partial charge in [-0.05, 0) is 51.3 Å². The number of piperidine rings is 1. The molecule has 1 aliphatic heterocycles. The first-order valence-corrected chi connectivity index (χ1v) is 11.8. The Morgan fingerprint density at radius 3 is 2.84 bits per heavy atom. The summed E-state index contributed by atoms with van der Waals surface area (Å²) in [7, 11) is 0. The zero-order valence-corrected chi connectivity index (χ0v) is 19.4. The van der Waals surface area contributed by atoms with E-state index in [0.29, 0.717) is 41.9 Å². The van der Waals surface area contributed by atoms with Crippen LogP contribution >= 0.6 is 11.8 Å². The van der Waals surface area contributed by atoms with Crippen molar-refractivity contribution < 1.29 is 14.3 Å². The molecule has 0 radical (unpaired) electrons. The monoisotopic (exact) mass is 453 g/mol. The molecule has 3 aromatic rings. The molecule has 1 fully saturated rings. The van der Waals surface area contributed by atoms with Crippen LogP contribution < -0.4 is 0 Å². The summed E-state index contributed by atoms with van der Waals surface area (Å²) in [5.41, 5.74) is 3.44. The minimum atomic E-state index is -0.254. The molecule has 1 atom stereocenters. The van der Waals surface area contributed by atoms with Crippen molar-refractivity contribution >= 4 is 29.4 Å². The molecule has 0 saturated carbocycles. The van der Waals surface area contributed by atoms with E-state index in [1.807, 2.05) is 44.2 Å². The highest BCUT2D eigenvalue weighted by molar-refractivity contribution is 7.98. The number of aromatic nitrogens is 4. The van der Waals surface area contributed by atoms with Crippen LogP contribution in [0, 0.1) is 19.8 Å². The average molecular weight is 454 g/mol. The fraction of sp³-hybridized carbons (Fsp3) is 0.435. The van der Waals surface area contributed by atoms with Crippen molar-refractivity contribution in [1.29, 1.82) is 0 Å². The molecule has 1 amide bonds. The number of ether oxygens (including phenoxy) is 1. The largest absolute Gasteiger partial charge is 0.466 e. The van der Waals surface area contributed by atoms with E-state index in [4.69, 9.17) is 4.74 Å². The number of likely N-dealkylation sites (tertiary alicyclic amines) is 1. The summed E-state index contributed by atoms with van der Waals surface area (Å²) in [6.07, 6.45) is 1.55. The lowest BCUT2D eigenvalue weighted by atomic mass is 9.97. The Bertz CT molecular complexity index is 1150. The number of fused-ring (bicyclic) bond motifs is 1. The fourth-order valence-corrected chi connectivity index (χ4v) is 4.81. The van der Waals surface area contributed by atoms with Crippen LogP contribution in [0.3, 0.4) is 0 Å². The minimum Gasteiger partial charge on any atom is -0.466 e. The van der Waals surface area contributed by atoms with Crippen LogP contribution in [-0.2, 0) is 15.3 Å². The lowest BCUT2D eigenvalue weighted by Gasteiger charge is -2.32. The second kappa shape index (κ2) is 9.68. The van der Waals surface area contributed by atoms with Crippen LogP contribution in [0.5, 0.6) is 0 Å². The summed E-state index contributed by atoms with van der Waals surface area (Å²) in [4.78, 5) is 36.2. The van der Waals surface area contributed by atoms with Crippen molar-refractivity contribution in [1.82, 2.24) is 24.5 Å². The average Bonchev–Trinajstić information content (AvgIpc) is 3.21. The molecule has 4 rings (SSSR count). The molecule has 1 aliphatic rings. The SMILES string of the molecule is CCOC(=O)[C@@H]1CCCN(C(=O)c2ccccc2CSc2nc3nc(C)cc(C)n3n2)C1. The van der Waals surface area contributed by atoms with Crippen LogP contribution in [0.1, 0.15) is 47.1 Å². The third-order valence-electron chi connectivity index (χ3n) is 5.53. The lowest BCUT2D eigenvalue weighted by Crippen LogP contribution is -2.43. The second-order valence-electron chi connectivity index (χ2n) is 7.93. The normalized spacial score (nSPS) is 16.3. The van der Waals surface area contributed by atoms with E-state index in [1.54, 1.807) is 16.3 Å². The number of nitrogens with zero attached hydrogens (tertiary/aromatic N) is 5. The molecule has 0 unspecified atom stereocenters. The van der Waals surface area contributed by atoms with E-state index in [0.717, 1.165) is 29.8 Å². The molecule has 3 heterocycles. The van der Waals surface area contributed by atoms with Crippen molar-refractivity contribution in [3.63, 3.8) is 0 Å². The van der Waals surface area contributed by atoms with Gasteiger partial charge in [-0.2, -0.15) is 4.98 Å². The summed E-state index contributed by atoms with van der Waals surface area (Å²) in [5.74, 6) is 0.617. The first kappa shape index (κ1) is 22.3. The van der Waals surface area contributed by atoms with Gasteiger partial charge >= 0.3 is 5.97 Å². The number of aryl methyl sites for hydroxylation is 2. The summed E-state index contributed by atoms with van der Waals surface area (Å²) in [6, 6.07) is 9.56. The summed E-state index contributed by atoms with van der Waals surface area (Å²) < 4.78 is 6.90. The van der Waals surface area contributed by atoms with Gasteiger partial charge in [0.05, 0.1) is 12.5 Å². The van der Waals surface area contributed by atoms with E-state index < -0.39 is 0 Å². The molecular formula is C23H27N5O3S. The minimum absolute atomic E-state index is 0.0497. The summed E-state index contributed by atoms with van der Waals surface area (Å²) in [6.45, 7) is 7.11. The predicted molar refractivity (Wildman–Crippen MR) is 122 cm³/mol. The number of amides is 1. The van der Waals surface area contributed by atoms with Crippen LogP contribution in [0.2, 0.25) is 0 Å². The summed E-state index contributed by atoms with van der Waals surface area (Å²) >= 11 is 1.48. The Kier molecular flexibility index (Phi) is 6.74. The maximum atomic E-state index is 13.3. The highest BCUT2D eigenvalue weighted by Gasteiger charge is 2.30. The van der Waals surface area contributed by atoms with Crippen LogP contribution in [-0.4, -0.2) is 56.1 Å². The second-order valence-corrected chi connectivity index (χ2v) is 8.88. The van der Waals surface area contributed by atoms with E-state index in [1.165, 1.54) is 11.8 Å². The Morgan fingerprint density at radius 1 is 1.22 bits per heavy atom. The molecule has 168 valence electrons. The number of rotatable bonds is 6. The zero-order valence-electron chi connectivity index (χ0n) is 18.6. The van der Waals surface area contributed by atoms with Crippen molar-refractivity contribution in [2.75, 3.05) is 19.7 Å². The molecule has 0 bridgehead atoms. The van der Waals surface area contributed by atoms with Gasteiger partial charge < -0.3 is 9.64 Å². The van der Waals surface area contributed by atoms with E-state index in [9.17, 15) is 9.59 Å². The standard InChI is InChI=1S/C23H27N5O3S/c1-4-31-21(30)17-9-7-11-27(13-17)20(29)19-10-6-5-8-18(19)14-32-23-25-22-24-15(2)12-16(3)28(22)26-23/h5-6,8,10,12,17H,4,7,9,11,13-14H2,1-3H3/t17-/m1/s1. The Hall–Kier alpha value is -2.94. The maximum Gasteiger partial charge on any atom is 0.310 e. The number of hydrogen-bond donors (Lipinski definition) is 0. The smallest absolute Gasteiger partial charge is 0.310 e. The van der Waals surface area contributed by atoms with E-state index in [-0.39, 0.29) is 17.8 Å². The van der Waals surface area contributed by atoms with Crippen molar-refractivity contribution in [2.45, 2.75) is 44.5 Å². The van der Waals surface area contributed by atoms with Crippen molar-refractivity contribution in [3.8, 4) is 0 Å². The van der Waals surface area contributed by atoms with Gasteiger partial charge in [-0.25, -0.2) is 9.50 Å². The molecule has 0 N–H and O–H groups in total. The molecule has 0 aliphatic carbocycles. The first-order valence-electron chi connectivity index (χ1n) is 10.8. The van der Waals surface area contributed by atoms with Gasteiger partial charge in [-0.3, -0.25) is 9.59 Å². The molecule has 2 aromatic heterocycles. The van der Waals surface area contributed by atoms with Crippen molar-refractivity contribution in [2.24, 2.45) is 5.92 Å². The van der Waals surface area contributed by atoms with Crippen molar-refractivity contribution in [3.05, 3.63) is 52.8 Å². The highest BCUT2D eigenvalue weighted by atomic mass is 32.2. The molecule has 32 heavy (non-hydrogen) atoms. The topological polar surface area (TPSA) is 89.7 Å². The number of hydrogen-bond acceptors (Lipinski definition) is 7. The maximum absolute atomic E-state index is 13.3. The Balaban J connectivity index is 1.48. The number of carbonyl (C=O) groups excluding carboxylic acids is 2. The highest BCUT2D eigenvalue weighted by Crippen LogP contribution is 2.25. The van der Waals surface area contributed by atoms with Crippen LogP contribution in [0.25, 0.3) is 5.78 Å². The van der Waals surface area contributed by atoms with Gasteiger partial charge in [-0.1, -0.05) is 30.0 Å². The molecule has 0 spiro atoms. The molecule has 1 saturated heterocycles. The van der Waals surface area contributed by atoms with Gasteiger partial charge in [0, 0.05) is 35.8 Å². The van der Waals surface area contributed by atoms with Gasteiger partial charge in [0.1, 0.15) is 0 Å². The van der Waals surface area contributed by atoms with Gasteiger partial charge in [0.2, 0.25) is 5.16 Å². The number of esters is 1. The number of carbonyl (C=O) groups is 2. The third-order valence-corrected chi connectivity index (χ3v) is 6.42. The zero-order chi connectivity index (χ0) is 22.7. The fourth-order valence-electron chi connectivity index (χ4n) is 3.99.